The number of halogens is 1. The van der Waals surface area contributed by atoms with Crippen LogP contribution in [0.25, 0.3) is 0 Å². The average Bonchev–Trinajstić information content (AvgIpc) is 2.91. The molecule has 0 aliphatic carbocycles. The SMILES string of the molecule is CCN(Cc1ccco1)c1ccc(CC(C)N)c(Br)c1. The Balaban J connectivity index is 2.16. The van der Waals surface area contributed by atoms with E-state index in [0.29, 0.717) is 0 Å². The Kier molecular flexibility index (Phi) is 5.26. The van der Waals surface area contributed by atoms with Crippen molar-refractivity contribution in [2.75, 3.05) is 11.4 Å². The number of nitrogens with two attached hydrogens (primary N) is 1. The molecule has 2 N–H and O–H groups in total. The van der Waals surface area contributed by atoms with E-state index in [1.54, 1.807) is 6.26 Å². The summed E-state index contributed by atoms with van der Waals surface area (Å²) >= 11 is 3.65. The van der Waals surface area contributed by atoms with Crippen LogP contribution in [0.1, 0.15) is 25.2 Å². The zero-order chi connectivity index (χ0) is 14.5. The Morgan fingerprint density at radius 3 is 2.70 bits per heavy atom. The molecule has 108 valence electrons. The normalized spacial score (nSPS) is 12.4. The molecular weight excluding hydrogens is 316 g/mol. The molecule has 1 atom stereocenters. The molecule has 0 radical (unpaired) electrons. The molecule has 0 saturated carbocycles. The number of benzene rings is 1. The quantitative estimate of drug-likeness (QED) is 0.868. The molecule has 1 aromatic carbocycles. The zero-order valence-corrected chi connectivity index (χ0v) is 13.6. The largest absolute Gasteiger partial charge is 0.467 e. The number of hydrogen-bond donors (Lipinski definition) is 1. The Bertz CT molecular complexity index is 537. The summed E-state index contributed by atoms with van der Waals surface area (Å²) in [6.45, 7) is 5.88. The van der Waals surface area contributed by atoms with Gasteiger partial charge in [0.15, 0.2) is 0 Å². The fourth-order valence-electron chi connectivity index (χ4n) is 2.22. The molecule has 0 amide bonds. The molecule has 2 aromatic rings. The second kappa shape index (κ2) is 6.95. The summed E-state index contributed by atoms with van der Waals surface area (Å²) in [5.74, 6) is 0.975. The van der Waals surface area contributed by atoms with E-state index in [1.807, 2.05) is 19.1 Å². The first kappa shape index (κ1) is 15.1. The monoisotopic (exact) mass is 336 g/mol. The highest BCUT2D eigenvalue weighted by Gasteiger charge is 2.10. The summed E-state index contributed by atoms with van der Waals surface area (Å²) in [5, 5.41) is 0. The van der Waals surface area contributed by atoms with E-state index >= 15 is 0 Å². The van der Waals surface area contributed by atoms with Crippen LogP contribution in [0.15, 0.2) is 45.5 Å². The molecule has 0 spiro atoms. The number of hydrogen-bond acceptors (Lipinski definition) is 3. The van der Waals surface area contributed by atoms with Crippen LogP contribution in [0.4, 0.5) is 5.69 Å². The third-order valence-corrected chi connectivity index (χ3v) is 3.99. The van der Waals surface area contributed by atoms with E-state index in [2.05, 4.69) is 46.0 Å². The summed E-state index contributed by atoms with van der Waals surface area (Å²) in [4.78, 5) is 2.28. The van der Waals surface area contributed by atoms with Gasteiger partial charge in [-0.15, -0.1) is 0 Å². The maximum absolute atomic E-state index is 5.86. The molecule has 1 heterocycles. The summed E-state index contributed by atoms with van der Waals surface area (Å²) in [7, 11) is 0. The van der Waals surface area contributed by atoms with Gasteiger partial charge in [0.2, 0.25) is 0 Å². The van der Waals surface area contributed by atoms with Gasteiger partial charge in [0.05, 0.1) is 12.8 Å². The van der Waals surface area contributed by atoms with Crippen molar-refractivity contribution in [2.24, 2.45) is 5.73 Å². The molecule has 20 heavy (non-hydrogen) atoms. The van der Waals surface area contributed by atoms with Crippen molar-refractivity contribution in [3.63, 3.8) is 0 Å². The molecule has 4 heteroatoms. The zero-order valence-electron chi connectivity index (χ0n) is 12.0. The molecule has 1 unspecified atom stereocenters. The first-order valence-corrected chi connectivity index (χ1v) is 7.70. The summed E-state index contributed by atoms with van der Waals surface area (Å²) in [6.07, 6.45) is 2.59. The minimum absolute atomic E-state index is 0.169. The van der Waals surface area contributed by atoms with Crippen LogP contribution < -0.4 is 10.6 Å². The second-order valence-electron chi connectivity index (χ2n) is 5.05. The topological polar surface area (TPSA) is 42.4 Å². The lowest BCUT2D eigenvalue weighted by molar-refractivity contribution is 0.503. The Labute approximate surface area is 128 Å². The molecule has 2 rings (SSSR count). The highest BCUT2D eigenvalue weighted by atomic mass is 79.9. The van der Waals surface area contributed by atoms with Crippen LogP contribution >= 0.6 is 15.9 Å². The fraction of sp³-hybridized carbons (Fsp3) is 0.375. The van der Waals surface area contributed by atoms with E-state index < -0.39 is 0 Å². The molecular formula is C16H21BrN2O. The van der Waals surface area contributed by atoms with E-state index in [4.69, 9.17) is 10.2 Å². The highest BCUT2D eigenvalue weighted by molar-refractivity contribution is 9.10. The molecule has 1 aromatic heterocycles. The van der Waals surface area contributed by atoms with Crippen LogP contribution in [0.5, 0.6) is 0 Å². The third kappa shape index (κ3) is 3.87. The lowest BCUT2D eigenvalue weighted by Gasteiger charge is -2.23. The van der Waals surface area contributed by atoms with Crippen molar-refractivity contribution in [2.45, 2.75) is 32.9 Å². The van der Waals surface area contributed by atoms with Crippen LogP contribution in [0.3, 0.4) is 0 Å². The summed E-state index contributed by atoms with van der Waals surface area (Å²) < 4.78 is 6.54. The van der Waals surface area contributed by atoms with Crippen molar-refractivity contribution in [1.29, 1.82) is 0 Å². The van der Waals surface area contributed by atoms with Gasteiger partial charge in [-0.05, 0) is 50.1 Å². The van der Waals surface area contributed by atoms with Gasteiger partial charge >= 0.3 is 0 Å². The number of anilines is 1. The Hall–Kier alpha value is -1.26. The molecule has 0 aliphatic heterocycles. The van der Waals surface area contributed by atoms with Gasteiger partial charge in [-0.3, -0.25) is 0 Å². The lowest BCUT2D eigenvalue weighted by atomic mass is 10.1. The van der Waals surface area contributed by atoms with E-state index in [9.17, 15) is 0 Å². The molecule has 3 nitrogen and oxygen atoms in total. The van der Waals surface area contributed by atoms with Crippen molar-refractivity contribution in [1.82, 2.24) is 0 Å². The lowest BCUT2D eigenvalue weighted by Crippen LogP contribution is -2.22. The summed E-state index contributed by atoms with van der Waals surface area (Å²) in [6, 6.07) is 10.5. The van der Waals surface area contributed by atoms with Crippen LogP contribution in [0.2, 0.25) is 0 Å². The minimum Gasteiger partial charge on any atom is -0.467 e. The maximum Gasteiger partial charge on any atom is 0.123 e. The highest BCUT2D eigenvalue weighted by Crippen LogP contribution is 2.26. The van der Waals surface area contributed by atoms with Crippen LogP contribution in [0, 0.1) is 0 Å². The minimum atomic E-state index is 0.169. The molecule has 0 fully saturated rings. The van der Waals surface area contributed by atoms with Gasteiger partial charge in [-0.2, -0.15) is 0 Å². The second-order valence-corrected chi connectivity index (χ2v) is 5.90. The fourth-order valence-corrected chi connectivity index (χ4v) is 2.75. The Morgan fingerprint density at radius 2 is 2.15 bits per heavy atom. The predicted octanol–water partition coefficient (Wildman–Crippen LogP) is 3.96. The van der Waals surface area contributed by atoms with Gasteiger partial charge in [-0.25, -0.2) is 0 Å². The number of rotatable bonds is 6. The number of furan rings is 1. The third-order valence-electron chi connectivity index (χ3n) is 3.25. The standard InChI is InChI=1S/C16H21BrN2O/c1-3-19(11-15-5-4-8-20-15)14-7-6-13(9-12(2)18)16(17)10-14/h4-8,10,12H,3,9,11,18H2,1-2H3. The van der Waals surface area contributed by atoms with Gasteiger partial charge in [0, 0.05) is 22.7 Å². The Morgan fingerprint density at radius 1 is 1.35 bits per heavy atom. The average molecular weight is 337 g/mol. The first-order chi connectivity index (χ1) is 9.60. The smallest absolute Gasteiger partial charge is 0.123 e. The van der Waals surface area contributed by atoms with Crippen molar-refractivity contribution < 1.29 is 4.42 Å². The maximum atomic E-state index is 5.86. The van der Waals surface area contributed by atoms with Crippen molar-refractivity contribution >= 4 is 21.6 Å². The van der Waals surface area contributed by atoms with Crippen molar-refractivity contribution in [3.8, 4) is 0 Å². The number of nitrogens with zero attached hydrogens (tertiary/aromatic N) is 1. The van der Waals surface area contributed by atoms with E-state index in [-0.39, 0.29) is 6.04 Å². The van der Waals surface area contributed by atoms with Gasteiger partial charge in [0.25, 0.3) is 0 Å². The van der Waals surface area contributed by atoms with Crippen LogP contribution in [-0.4, -0.2) is 12.6 Å². The van der Waals surface area contributed by atoms with E-state index in [0.717, 1.165) is 29.7 Å². The first-order valence-electron chi connectivity index (χ1n) is 6.91. The van der Waals surface area contributed by atoms with Gasteiger partial charge < -0.3 is 15.1 Å². The molecule has 0 bridgehead atoms. The molecule has 0 saturated heterocycles. The predicted molar refractivity (Wildman–Crippen MR) is 86.9 cm³/mol. The van der Waals surface area contributed by atoms with E-state index in [1.165, 1.54) is 11.3 Å². The van der Waals surface area contributed by atoms with Gasteiger partial charge in [0.1, 0.15) is 5.76 Å². The van der Waals surface area contributed by atoms with Gasteiger partial charge in [-0.1, -0.05) is 22.0 Å². The molecule has 0 aliphatic rings. The van der Waals surface area contributed by atoms with Crippen LogP contribution in [-0.2, 0) is 13.0 Å². The summed E-state index contributed by atoms with van der Waals surface area (Å²) in [5.41, 5.74) is 8.30. The van der Waals surface area contributed by atoms with Crippen molar-refractivity contribution in [3.05, 3.63) is 52.4 Å².